The number of hydrogen-bond acceptors (Lipinski definition) is 7. The maximum atomic E-state index is 11.0. The largest absolute Gasteiger partial charge is 0.397 e. The molecule has 8 nitrogen and oxygen atoms in total. The fraction of sp³-hybridized carbons (Fsp3) is 0.0833. The molecule has 0 fully saturated rings. The maximum absolute atomic E-state index is 11.0. The Balaban J connectivity index is 2.26. The van der Waals surface area contributed by atoms with E-state index in [2.05, 4.69) is 4.98 Å². The third-order valence-corrected chi connectivity index (χ3v) is 3.71. The topological polar surface area (TPSA) is 125 Å². The highest BCUT2D eigenvalue weighted by molar-refractivity contribution is 7.98. The SMILES string of the molecule is Nc1cccnc1SCc1ccc([N+](=O)[O-])cc1[N+](=O)[O-]. The molecule has 21 heavy (non-hydrogen) atoms. The first-order chi connectivity index (χ1) is 9.99. The first-order valence-corrected chi connectivity index (χ1v) is 6.72. The molecule has 108 valence electrons. The summed E-state index contributed by atoms with van der Waals surface area (Å²) in [6.45, 7) is 0. The number of hydrogen-bond donors (Lipinski definition) is 1. The highest BCUT2D eigenvalue weighted by Gasteiger charge is 2.19. The smallest absolute Gasteiger partial charge is 0.280 e. The molecule has 2 N–H and O–H groups in total. The van der Waals surface area contributed by atoms with Crippen LogP contribution < -0.4 is 5.73 Å². The van der Waals surface area contributed by atoms with E-state index in [0.29, 0.717) is 16.3 Å². The van der Waals surface area contributed by atoms with Crippen molar-refractivity contribution in [2.75, 3.05) is 5.73 Å². The Kier molecular flexibility index (Phi) is 4.33. The number of rotatable bonds is 5. The second kappa shape index (κ2) is 6.18. The fourth-order valence-electron chi connectivity index (χ4n) is 1.63. The minimum Gasteiger partial charge on any atom is -0.397 e. The molecule has 2 aromatic rings. The standard InChI is InChI=1S/C12H10N4O4S/c13-10-2-1-5-14-12(10)21-7-8-3-4-9(15(17)18)6-11(8)16(19)20/h1-6H,7,13H2. The summed E-state index contributed by atoms with van der Waals surface area (Å²) in [6, 6.07) is 6.94. The predicted molar refractivity (Wildman–Crippen MR) is 78.0 cm³/mol. The number of non-ortho nitro benzene ring substituents is 1. The van der Waals surface area contributed by atoms with Crippen LogP contribution >= 0.6 is 11.8 Å². The van der Waals surface area contributed by atoms with Crippen LogP contribution in [0.4, 0.5) is 17.1 Å². The molecule has 0 spiro atoms. The Labute approximate surface area is 123 Å². The van der Waals surface area contributed by atoms with E-state index in [1.807, 2.05) is 0 Å². The normalized spacial score (nSPS) is 10.3. The third-order valence-electron chi connectivity index (χ3n) is 2.64. The Morgan fingerprint density at radius 1 is 1.19 bits per heavy atom. The lowest BCUT2D eigenvalue weighted by Gasteiger charge is -2.05. The van der Waals surface area contributed by atoms with Gasteiger partial charge in [0.25, 0.3) is 11.4 Å². The van der Waals surface area contributed by atoms with Crippen molar-refractivity contribution in [3.05, 3.63) is 62.3 Å². The minimum absolute atomic E-state index is 0.246. The second-order valence-corrected chi connectivity index (χ2v) is 4.98. The molecule has 0 radical (unpaired) electrons. The van der Waals surface area contributed by atoms with Crippen molar-refractivity contribution in [1.29, 1.82) is 0 Å². The van der Waals surface area contributed by atoms with Crippen LogP contribution in [-0.2, 0) is 5.75 Å². The number of anilines is 1. The van der Waals surface area contributed by atoms with Gasteiger partial charge >= 0.3 is 0 Å². The molecule has 0 atom stereocenters. The second-order valence-electron chi connectivity index (χ2n) is 4.01. The molecule has 0 aliphatic rings. The monoisotopic (exact) mass is 306 g/mol. The lowest BCUT2D eigenvalue weighted by molar-refractivity contribution is -0.394. The minimum atomic E-state index is -0.666. The van der Waals surface area contributed by atoms with Gasteiger partial charge in [0.15, 0.2) is 0 Å². The Morgan fingerprint density at radius 2 is 1.95 bits per heavy atom. The van der Waals surface area contributed by atoms with E-state index in [-0.39, 0.29) is 17.1 Å². The van der Waals surface area contributed by atoms with E-state index in [9.17, 15) is 20.2 Å². The van der Waals surface area contributed by atoms with Crippen LogP contribution in [0, 0.1) is 20.2 Å². The number of nitrogen functional groups attached to an aromatic ring is 1. The molecule has 9 heteroatoms. The van der Waals surface area contributed by atoms with Gasteiger partial charge in [-0.1, -0.05) is 11.8 Å². The predicted octanol–water partition coefficient (Wildman–Crippen LogP) is 2.77. The molecule has 0 saturated carbocycles. The zero-order valence-corrected chi connectivity index (χ0v) is 11.4. The molecule has 1 aromatic carbocycles. The van der Waals surface area contributed by atoms with Crippen LogP contribution in [-0.4, -0.2) is 14.8 Å². The number of nitro groups is 2. The van der Waals surface area contributed by atoms with Gasteiger partial charge in [0, 0.05) is 23.6 Å². The Hall–Kier alpha value is -2.68. The number of nitro benzene ring substituents is 2. The molecular weight excluding hydrogens is 296 g/mol. The van der Waals surface area contributed by atoms with Crippen LogP contribution in [0.25, 0.3) is 0 Å². The van der Waals surface area contributed by atoms with Crippen LogP contribution in [0.1, 0.15) is 5.56 Å². The molecule has 1 aromatic heterocycles. The summed E-state index contributed by atoms with van der Waals surface area (Å²) in [4.78, 5) is 24.4. The van der Waals surface area contributed by atoms with Gasteiger partial charge in [0.1, 0.15) is 5.03 Å². The number of nitrogens with two attached hydrogens (primary N) is 1. The zero-order chi connectivity index (χ0) is 15.4. The summed E-state index contributed by atoms with van der Waals surface area (Å²) in [6.07, 6.45) is 1.57. The molecule has 0 aliphatic heterocycles. The van der Waals surface area contributed by atoms with Crippen molar-refractivity contribution in [3.8, 4) is 0 Å². The molecule has 0 bridgehead atoms. The van der Waals surface area contributed by atoms with Crippen molar-refractivity contribution in [2.24, 2.45) is 0 Å². The fourth-order valence-corrected chi connectivity index (χ4v) is 2.53. The zero-order valence-electron chi connectivity index (χ0n) is 10.6. The first-order valence-electron chi connectivity index (χ1n) is 5.74. The average molecular weight is 306 g/mol. The van der Waals surface area contributed by atoms with Crippen LogP contribution in [0.15, 0.2) is 41.6 Å². The Bertz CT molecular complexity index is 707. The summed E-state index contributed by atoms with van der Waals surface area (Å²) in [5, 5.41) is 22.2. The summed E-state index contributed by atoms with van der Waals surface area (Å²) in [7, 11) is 0. The quantitative estimate of drug-likeness (QED) is 0.511. The van der Waals surface area contributed by atoms with Gasteiger partial charge in [0.05, 0.1) is 21.6 Å². The van der Waals surface area contributed by atoms with Gasteiger partial charge in [-0.2, -0.15) is 0 Å². The highest BCUT2D eigenvalue weighted by atomic mass is 32.2. The number of nitrogens with zero attached hydrogens (tertiary/aromatic N) is 3. The molecule has 0 amide bonds. The van der Waals surface area contributed by atoms with Crippen LogP contribution in [0.2, 0.25) is 0 Å². The summed E-state index contributed by atoms with van der Waals surface area (Å²) < 4.78 is 0. The van der Waals surface area contributed by atoms with Crippen molar-refractivity contribution in [2.45, 2.75) is 10.8 Å². The highest BCUT2D eigenvalue weighted by Crippen LogP contribution is 2.31. The number of benzene rings is 1. The number of thioether (sulfide) groups is 1. The molecule has 2 rings (SSSR count). The van der Waals surface area contributed by atoms with Gasteiger partial charge in [-0.05, 0) is 18.2 Å². The van der Waals surface area contributed by atoms with Gasteiger partial charge < -0.3 is 5.73 Å². The molecule has 0 unspecified atom stereocenters. The maximum Gasteiger partial charge on any atom is 0.280 e. The molecular formula is C12H10N4O4S. The van der Waals surface area contributed by atoms with E-state index in [4.69, 9.17) is 5.73 Å². The summed E-state index contributed by atoms with van der Waals surface area (Å²) >= 11 is 1.24. The van der Waals surface area contributed by atoms with Crippen LogP contribution in [0.5, 0.6) is 0 Å². The van der Waals surface area contributed by atoms with E-state index >= 15 is 0 Å². The molecule has 0 aliphatic carbocycles. The van der Waals surface area contributed by atoms with Crippen molar-refractivity contribution in [3.63, 3.8) is 0 Å². The van der Waals surface area contributed by atoms with Crippen molar-refractivity contribution >= 4 is 28.8 Å². The number of aromatic nitrogens is 1. The van der Waals surface area contributed by atoms with E-state index in [1.165, 1.54) is 23.9 Å². The van der Waals surface area contributed by atoms with E-state index < -0.39 is 9.85 Å². The van der Waals surface area contributed by atoms with Crippen molar-refractivity contribution < 1.29 is 9.85 Å². The molecule has 1 heterocycles. The van der Waals surface area contributed by atoms with Gasteiger partial charge in [0.2, 0.25) is 0 Å². The van der Waals surface area contributed by atoms with Crippen molar-refractivity contribution in [1.82, 2.24) is 4.98 Å². The molecule has 0 saturated heterocycles. The third kappa shape index (κ3) is 3.45. The van der Waals surface area contributed by atoms with Gasteiger partial charge in [-0.25, -0.2) is 4.98 Å². The van der Waals surface area contributed by atoms with Crippen LogP contribution in [0.3, 0.4) is 0 Å². The van der Waals surface area contributed by atoms with E-state index in [1.54, 1.807) is 18.3 Å². The van der Waals surface area contributed by atoms with E-state index in [0.717, 1.165) is 6.07 Å². The van der Waals surface area contributed by atoms with Gasteiger partial charge in [-0.3, -0.25) is 20.2 Å². The average Bonchev–Trinajstić information content (AvgIpc) is 2.46. The van der Waals surface area contributed by atoms with Gasteiger partial charge in [-0.15, -0.1) is 0 Å². The summed E-state index contributed by atoms with van der Waals surface area (Å²) in [5.41, 5.74) is 6.00. The first kappa shape index (κ1) is 14.7. The Morgan fingerprint density at radius 3 is 2.57 bits per heavy atom. The lowest BCUT2D eigenvalue weighted by atomic mass is 10.2. The summed E-state index contributed by atoms with van der Waals surface area (Å²) in [5.74, 6) is 0.246. The number of pyridine rings is 1. The lowest BCUT2D eigenvalue weighted by Crippen LogP contribution is -1.97.